The third kappa shape index (κ3) is 2.38. The molecule has 0 radical (unpaired) electrons. The normalized spacial score (nSPS) is 24.7. The van der Waals surface area contributed by atoms with Gasteiger partial charge < -0.3 is 10.5 Å². The summed E-state index contributed by atoms with van der Waals surface area (Å²) in [7, 11) is 0. The molecule has 2 atom stereocenters. The van der Waals surface area contributed by atoms with Crippen LogP contribution < -0.4 is 10.5 Å². The van der Waals surface area contributed by atoms with E-state index in [0.717, 1.165) is 25.1 Å². The first-order valence-corrected chi connectivity index (χ1v) is 6.13. The fourth-order valence-corrected chi connectivity index (χ4v) is 2.38. The van der Waals surface area contributed by atoms with Gasteiger partial charge in [0.05, 0.1) is 6.10 Å². The summed E-state index contributed by atoms with van der Waals surface area (Å²) in [5.74, 6) is 1.71. The van der Waals surface area contributed by atoms with Gasteiger partial charge in [-0.1, -0.05) is 12.1 Å². The predicted molar refractivity (Wildman–Crippen MR) is 66.7 cm³/mol. The van der Waals surface area contributed by atoms with Gasteiger partial charge in [0.2, 0.25) is 0 Å². The Morgan fingerprint density at radius 2 is 2.12 bits per heavy atom. The van der Waals surface area contributed by atoms with Crippen molar-refractivity contribution in [1.82, 2.24) is 0 Å². The molecule has 1 aromatic carbocycles. The average molecular weight is 219 g/mol. The molecule has 1 aromatic rings. The Morgan fingerprint density at radius 1 is 1.31 bits per heavy atom. The molecule has 1 aliphatic rings. The third-order valence-corrected chi connectivity index (χ3v) is 3.68. The number of benzene rings is 1. The van der Waals surface area contributed by atoms with Crippen molar-refractivity contribution >= 4 is 0 Å². The lowest BCUT2D eigenvalue weighted by Gasteiger charge is -2.16. The van der Waals surface area contributed by atoms with Gasteiger partial charge in [-0.15, -0.1) is 0 Å². The Kier molecular flexibility index (Phi) is 3.49. The van der Waals surface area contributed by atoms with Crippen LogP contribution in [-0.2, 0) is 0 Å². The van der Waals surface area contributed by atoms with Gasteiger partial charge in [0.15, 0.2) is 0 Å². The van der Waals surface area contributed by atoms with Gasteiger partial charge in [0.25, 0.3) is 0 Å². The van der Waals surface area contributed by atoms with Crippen molar-refractivity contribution in [1.29, 1.82) is 0 Å². The zero-order chi connectivity index (χ0) is 11.5. The zero-order valence-electron chi connectivity index (χ0n) is 10.2. The molecule has 2 rings (SSSR count). The quantitative estimate of drug-likeness (QED) is 0.848. The number of hydrogen-bond donors (Lipinski definition) is 1. The van der Waals surface area contributed by atoms with Crippen molar-refractivity contribution in [3.05, 3.63) is 29.3 Å². The molecule has 1 aliphatic carbocycles. The lowest BCUT2D eigenvalue weighted by Crippen LogP contribution is -2.16. The number of rotatable bonds is 3. The number of hydrogen-bond acceptors (Lipinski definition) is 2. The predicted octanol–water partition coefficient (Wildman–Crippen LogP) is 2.81. The van der Waals surface area contributed by atoms with Crippen LogP contribution in [0.2, 0.25) is 0 Å². The van der Waals surface area contributed by atoms with Crippen molar-refractivity contribution in [2.45, 2.75) is 39.2 Å². The third-order valence-electron chi connectivity index (χ3n) is 3.68. The van der Waals surface area contributed by atoms with E-state index >= 15 is 0 Å². The summed E-state index contributed by atoms with van der Waals surface area (Å²) in [6, 6.07) is 6.25. The molecule has 0 spiro atoms. The van der Waals surface area contributed by atoms with Gasteiger partial charge in [0.1, 0.15) is 5.75 Å². The summed E-state index contributed by atoms with van der Waals surface area (Å²) >= 11 is 0. The highest BCUT2D eigenvalue weighted by molar-refractivity contribution is 5.38. The maximum Gasteiger partial charge on any atom is 0.122 e. The Morgan fingerprint density at radius 3 is 2.81 bits per heavy atom. The summed E-state index contributed by atoms with van der Waals surface area (Å²) < 4.78 is 6.06. The topological polar surface area (TPSA) is 35.2 Å². The van der Waals surface area contributed by atoms with Crippen molar-refractivity contribution in [2.24, 2.45) is 11.7 Å². The zero-order valence-corrected chi connectivity index (χ0v) is 10.2. The maximum atomic E-state index is 6.06. The SMILES string of the molecule is Cc1cccc(OC2CCC(CN)C2)c1C. The molecule has 0 heterocycles. The molecule has 0 bridgehead atoms. The molecule has 0 saturated heterocycles. The van der Waals surface area contributed by atoms with E-state index in [1.807, 2.05) is 0 Å². The van der Waals surface area contributed by atoms with Crippen LogP contribution in [0.5, 0.6) is 5.75 Å². The molecule has 1 saturated carbocycles. The molecule has 2 N–H and O–H groups in total. The molecule has 16 heavy (non-hydrogen) atoms. The molecule has 2 nitrogen and oxygen atoms in total. The Balaban J connectivity index is 2.02. The molecule has 0 aromatic heterocycles. The molecular weight excluding hydrogens is 198 g/mol. The van der Waals surface area contributed by atoms with Gasteiger partial charge in [0, 0.05) is 0 Å². The van der Waals surface area contributed by atoms with Crippen LogP contribution >= 0.6 is 0 Å². The minimum atomic E-state index is 0.369. The minimum Gasteiger partial charge on any atom is -0.490 e. The van der Waals surface area contributed by atoms with Crippen LogP contribution in [-0.4, -0.2) is 12.6 Å². The molecule has 1 fully saturated rings. The second-order valence-electron chi connectivity index (χ2n) is 4.85. The summed E-state index contributed by atoms with van der Waals surface area (Å²) in [6.07, 6.45) is 3.85. The fourth-order valence-electron chi connectivity index (χ4n) is 2.38. The summed E-state index contributed by atoms with van der Waals surface area (Å²) in [4.78, 5) is 0. The fraction of sp³-hybridized carbons (Fsp3) is 0.571. The Bertz CT molecular complexity index is 362. The van der Waals surface area contributed by atoms with Crippen LogP contribution in [0.25, 0.3) is 0 Å². The molecule has 0 aliphatic heterocycles. The molecule has 2 unspecified atom stereocenters. The molecular formula is C14H21NO. The smallest absolute Gasteiger partial charge is 0.122 e. The minimum absolute atomic E-state index is 0.369. The molecule has 88 valence electrons. The van der Waals surface area contributed by atoms with Gasteiger partial charge in [-0.25, -0.2) is 0 Å². The largest absolute Gasteiger partial charge is 0.490 e. The van der Waals surface area contributed by atoms with E-state index in [4.69, 9.17) is 10.5 Å². The number of nitrogens with two attached hydrogens (primary N) is 1. The number of aryl methyl sites for hydroxylation is 1. The lowest BCUT2D eigenvalue weighted by atomic mass is 10.1. The number of ether oxygens (including phenoxy) is 1. The van der Waals surface area contributed by atoms with E-state index in [9.17, 15) is 0 Å². The van der Waals surface area contributed by atoms with Crippen LogP contribution in [0.3, 0.4) is 0 Å². The molecule has 0 amide bonds. The van der Waals surface area contributed by atoms with E-state index in [0.29, 0.717) is 12.0 Å². The first-order valence-electron chi connectivity index (χ1n) is 6.13. The average Bonchev–Trinajstić information content (AvgIpc) is 2.73. The van der Waals surface area contributed by atoms with Crippen molar-refractivity contribution in [3.8, 4) is 5.75 Å². The van der Waals surface area contributed by atoms with Gasteiger partial charge >= 0.3 is 0 Å². The van der Waals surface area contributed by atoms with Gasteiger partial charge in [-0.05, 0) is 62.8 Å². The second kappa shape index (κ2) is 4.88. The lowest BCUT2D eigenvalue weighted by molar-refractivity contribution is 0.203. The van der Waals surface area contributed by atoms with Gasteiger partial charge in [-0.3, -0.25) is 0 Å². The van der Waals surface area contributed by atoms with Crippen LogP contribution in [0.4, 0.5) is 0 Å². The maximum absolute atomic E-state index is 6.06. The Hall–Kier alpha value is -1.02. The summed E-state index contributed by atoms with van der Waals surface area (Å²) in [5, 5.41) is 0. The van der Waals surface area contributed by atoms with E-state index < -0.39 is 0 Å². The standard InChI is InChI=1S/C14H21NO/c1-10-4-3-5-14(11(10)2)16-13-7-6-12(8-13)9-15/h3-5,12-13H,6-9,15H2,1-2H3. The highest BCUT2D eigenvalue weighted by Gasteiger charge is 2.25. The first kappa shape index (κ1) is 11.5. The van der Waals surface area contributed by atoms with Crippen molar-refractivity contribution in [3.63, 3.8) is 0 Å². The highest BCUT2D eigenvalue weighted by Crippen LogP contribution is 2.30. The van der Waals surface area contributed by atoms with E-state index in [2.05, 4.69) is 32.0 Å². The van der Waals surface area contributed by atoms with Crippen molar-refractivity contribution in [2.75, 3.05) is 6.54 Å². The highest BCUT2D eigenvalue weighted by atomic mass is 16.5. The van der Waals surface area contributed by atoms with Crippen molar-refractivity contribution < 1.29 is 4.74 Å². The second-order valence-corrected chi connectivity index (χ2v) is 4.85. The summed E-state index contributed by atoms with van der Waals surface area (Å²) in [5.41, 5.74) is 8.25. The summed E-state index contributed by atoms with van der Waals surface area (Å²) in [6.45, 7) is 5.05. The van der Waals surface area contributed by atoms with Crippen LogP contribution in [0.15, 0.2) is 18.2 Å². The van der Waals surface area contributed by atoms with Crippen LogP contribution in [0, 0.1) is 19.8 Å². The monoisotopic (exact) mass is 219 g/mol. The van der Waals surface area contributed by atoms with E-state index in [1.54, 1.807) is 0 Å². The van der Waals surface area contributed by atoms with Crippen LogP contribution in [0.1, 0.15) is 30.4 Å². The van der Waals surface area contributed by atoms with E-state index in [1.165, 1.54) is 17.5 Å². The molecule has 2 heteroatoms. The van der Waals surface area contributed by atoms with Gasteiger partial charge in [-0.2, -0.15) is 0 Å². The van der Waals surface area contributed by atoms with E-state index in [-0.39, 0.29) is 0 Å². The Labute approximate surface area is 97.8 Å². The first-order chi connectivity index (χ1) is 7.70.